The van der Waals surface area contributed by atoms with E-state index in [1.54, 1.807) is 34.1 Å². The van der Waals surface area contributed by atoms with Gasteiger partial charge in [-0.2, -0.15) is 13.1 Å². The Kier molecular flexibility index (Phi) is 11.1. The molecular weight excluding hydrogens is 550 g/mol. The summed E-state index contributed by atoms with van der Waals surface area (Å²) in [6.45, 7) is 5.08. The van der Waals surface area contributed by atoms with Gasteiger partial charge in [0.2, 0.25) is 0 Å². The van der Waals surface area contributed by atoms with Crippen molar-refractivity contribution in [2.75, 3.05) is 13.7 Å². The van der Waals surface area contributed by atoms with E-state index in [2.05, 4.69) is 20.0 Å². The zero-order chi connectivity index (χ0) is 29.9. The molecule has 1 heterocycles. The number of aromatic amines is 1. The summed E-state index contributed by atoms with van der Waals surface area (Å²) in [6.07, 6.45) is 1.47. The Labute approximate surface area is 240 Å². The predicted molar refractivity (Wildman–Crippen MR) is 153 cm³/mol. The molecule has 2 amide bonds. The second-order valence-electron chi connectivity index (χ2n) is 10.2. The SMILES string of the molecule is COc1ccc(-c2nc([C@H](CCCCNS(=O)(=O)NC(=O)OC(C)(C)C)NC(=O)OCc3ccccc3)c[nH]2)cc1. The fourth-order valence-corrected chi connectivity index (χ4v) is 4.48. The summed E-state index contributed by atoms with van der Waals surface area (Å²) >= 11 is 0. The van der Waals surface area contributed by atoms with Crippen LogP contribution in [0, 0.1) is 0 Å². The third-order valence-corrected chi connectivity index (χ3v) is 6.67. The van der Waals surface area contributed by atoms with Gasteiger partial charge in [0.05, 0.1) is 18.8 Å². The summed E-state index contributed by atoms with van der Waals surface area (Å²) in [4.78, 5) is 32.2. The number of ether oxygens (including phenoxy) is 3. The van der Waals surface area contributed by atoms with Gasteiger partial charge < -0.3 is 24.5 Å². The Morgan fingerprint density at radius 2 is 1.71 bits per heavy atom. The predicted octanol–water partition coefficient (Wildman–Crippen LogP) is 4.58. The molecule has 3 rings (SSSR count). The molecule has 0 saturated carbocycles. The van der Waals surface area contributed by atoms with Crippen molar-refractivity contribution in [1.82, 2.24) is 24.7 Å². The lowest BCUT2D eigenvalue weighted by molar-refractivity contribution is 0.0569. The molecule has 1 atom stereocenters. The van der Waals surface area contributed by atoms with E-state index in [9.17, 15) is 18.0 Å². The van der Waals surface area contributed by atoms with Gasteiger partial charge in [-0.3, -0.25) is 0 Å². The summed E-state index contributed by atoms with van der Waals surface area (Å²) in [5, 5.41) is 2.87. The van der Waals surface area contributed by atoms with E-state index in [-0.39, 0.29) is 13.2 Å². The van der Waals surface area contributed by atoms with Crippen LogP contribution in [0.2, 0.25) is 0 Å². The standard InChI is InChI=1S/C28H37N5O7S/c1-28(2,3)40-27(35)33-41(36,37)30-17-9-8-12-23(32-26(34)39-19-20-10-6-5-7-11-20)24-18-29-25(31-24)21-13-15-22(38-4)16-14-21/h5-7,10-11,13-16,18,23,30H,8-9,12,17,19H2,1-4H3,(H,29,31)(H,32,34)(H,33,35)/t23-/m0/s1. The van der Waals surface area contributed by atoms with Crippen molar-refractivity contribution in [3.8, 4) is 17.1 Å². The molecule has 0 aliphatic carbocycles. The van der Waals surface area contributed by atoms with Gasteiger partial charge in [-0.15, -0.1) is 0 Å². The number of rotatable bonds is 13. The van der Waals surface area contributed by atoms with Gasteiger partial charge in [0.15, 0.2) is 0 Å². The number of unbranched alkanes of at least 4 members (excludes halogenated alkanes) is 1. The van der Waals surface area contributed by atoms with Crippen molar-refractivity contribution in [2.24, 2.45) is 0 Å². The number of aromatic nitrogens is 2. The van der Waals surface area contributed by atoms with Gasteiger partial charge >= 0.3 is 22.4 Å². The number of carbonyl (C=O) groups is 2. The first kappa shape index (κ1) is 31.4. The number of nitrogens with one attached hydrogen (secondary N) is 4. The number of amides is 2. The Morgan fingerprint density at radius 3 is 2.37 bits per heavy atom. The smallest absolute Gasteiger partial charge is 0.422 e. The van der Waals surface area contributed by atoms with Gasteiger partial charge in [0.25, 0.3) is 0 Å². The molecule has 12 nitrogen and oxygen atoms in total. The van der Waals surface area contributed by atoms with Crippen molar-refractivity contribution >= 4 is 22.4 Å². The number of benzene rings is 2. The topological polar surface area (TPSA) is 161 Å². The Bertz CT molecular complexity index is 1370. The van der Waals surface area contributed by atoms with Crippen molar-refractivity contribution in [2.45, 2.75) is 58.3 Å². The summed E-state index contributed by atoms with van der Waals surface area (Å²) in [6, 6.07) is 16.2. The molecule has 0 spiro atoms. The zero-order valence-corrected chi connectivity index (χ0v) is 24.4. The van der Waals surface area contributed by atoms with E-state index >= 15 is 0 Å². The first-order valence-corrected chi connectivity index (χ1v) is 14.6. The highest BCUT2D eigenvalue weighted by Crippen LogP contribution is 2.24. The van der Waals surface area contributed by atoms with Crippen LogP contribution in [0.4, 0.5) is 9.59 Å². The number of hydrogen-bond acceptors (Lipinski definition) is 8. The van der Waals surface area contributed by atoms with Crippen LogP contribution in [-0.4, -0.2) is 49.8 Å². The van der Waals surface area contributed by atoms with Crippen LogP contribution in [0.5, 0.6) is 5.75 Å². The van der Waals surface area contributed by atoms with E-state index in [0.29, 0.717) is 30.8 Å². The van der Waals surface area contributed by atoms with Gasteiger partial charge in [-0.25, -0.2) is 19.3 Å². The van der Waals surface area contributed by atoms with E-state index < -0.39 is 34.0 Å². The van der Waals surface area contributed by atoms with E-state index in [4.69, 9.17) is 14.2 Å². The molecule has 3 aromatic rings. The minimum absolute atomic E-state index is 0.0704. The Balaban J connectivity index is 1.59. The highest BCUT2D eigenvalue weighted by atomic mass is 32.2. The lowest BCUT2D eigenvalue weighted by Gasteiger charge is -2.19. The van der Waals surface area contributed by atoms with Crippen molar-refractivity contribution in [3.05, 3.63) is 72.1 Å². The molecule has 2 aromatic carbocycles. The summed E-state index contributed by atoms with van der Waals surface area (Å²) in [7, 11) is -2.49. The second kappa shape index (κ2) is 14.5. The maximum atomic E-state index is 12.6. The first-order valence-electron chi connectivity index (χ1n) is 13.1. The van der Waals surface area contributed by atoms with Crippen LogP contribution in [0.1, 0.15) is 57.3 Å². The first-order chi connectivity index (χ1) is 19.4. The third kappa shape index (κ3) is 11.1. The number of alkyl carbamates (subject to hydrolysis) is 1. The van der Waals surface area contributed by atoms with Gasteiger partial charge in [0.1, 0.15) is 23.8 Å². The van der Waals surface area contributed by atoms with Gasteiger partial charge in [-0.05, 0) is 69.9 Å². The van der Waals surface area contributed by atoms with E-state index in [0.717, 1.165) is 16.9 Å². The molecule has 0 unspecified atom stereocenters. The minimum Gasteiger partial charge on any atom is -0.497 e. The highest BCUT2D eigenvalue weighted by molar-refractivity contribution is 7.88. The molecule has 0 aliphatic rings. The molecule has 0 radical (unpaired) electrons. The molecule has 41 heavy (non-hydrogen) atoms. The average molecular weight is 588 g/mol. The van der Waals surface area contributed by atoms with Crippen LogP contribution in [0.3, 0.4) is 0 Å². The van der Waals surface area contributed by atoms with Gasteiger partial charge in [-0.1, -0.05) is 30.3 Å². The quantitative estimate of drug-likeness (QED) is 0.211. The van der Waals surface area contributed by atoms with Crippen molar-refractivity contribution in [1.29, 1.82) is 0 Å². The molecule has 0 saturated heterocycles. The zero-order valence-electron chi connectivity index (χ0n) is 23.6. The van der Waals surface area contributed by atoms with Gasteiger partial charge in [0, 0.05) is 18.3 Å². The molecular formula is C28H37N5O7S. The van der Waals surface area contributed by atoms with Crippen molar-refractivity contribution in [3.63, 3.8) is 0 Å². The van der Waals surface area contributed by atoms with Crippen LogP contribution >= 0.6 is 0 Å². The molecule has 0 bridgehead atoms. The second-order valence-corrected chi connectivity index (χ2v) is 11.7. The molecule has 0 fully saturated rings. The fraction of sp³-hybridized carbons (Fsp3) is 0.393. The fourth-order valence-electron chi connectivity index (χ4n) is 3.74. The van der Waals surface area contributed by atoms with E-state index in [1.807, 2.05) is 59.3 Å². The molecule has 0 aliphatic heterocycles. The number of imidazole rings is 1. The number of H-pyrrole nitrogens is 1. The largest absolute Gasteiger partial charge is 0.497 e. The Hall–Kier alpha value is -4.10. The van der Waals surface area contributed by atoms with Crippen LogP contribution in [0.25, 0.3) is 11.4 Å². The van der Waals surface area contributed by atoms with Crippen LogP contribution < -0.4 is 19.5 Å². The normalized spacial score (nSPS) is 12.3. The number of hydrogen-bond donors (Lipinski definition) is 4. The summed E-state index contributed by atoms with van der Waals surface area (Å²) in [5.74, 6) is 1.34. The van der Waals surface area contributed by atoms with Crippen LogP contribution in [-0.2, 0) is 26.3 Å². The third-order valence-electron chi connectivity index (χ3n) is 5.65. The number of methoxy groups -OCH3 is 1. The monoisotopic (exact) mass is 587 g/mol. The summed E-state index contributed by atoms with van der Waals surface area (Å²) in [5.41, 5.74) is 1.46. The van der Waals surface area contributed by atoms with Crippen LogP contribution in [0.15, 0.2) is 60.8 Å². The Morgan fingerprint density at radius 1 is 1.00 bits per heavy atom. The minimum atomic E-state index is -4.08. The number of carbonyl (C=O) groups excluding carboxylic acids is 2. The number of nitrogens with zero attached hydrogens (tertiary/aromatic N) is 1. The molecule has 4 N–H and O–H groups in total. The lowest BCUT2D eigenvalue weighted by Crippen LogP contribution is -2.43. The molecule has 13 heteroatoms. The maximum Gasteiger partial charge on any atom is 0.422 e. The highest BCUT2D eigenvalue weighted by Gasteiger charge is 2.22. The molecule has 1 aromatic heterocycles. The summed E-state index contributed by atoms with van der Waals surface area (Å²) < 4.78 is 44.0. The average Bonchev–Trinajstić information content (AvgIpc) is 3.40. The van der Waals surface area contributed by atoms with Crippen molar-refractivity contribution < 1.29 is 32.2 Å². The lowest BCUT2D eigenvalue weighted by atomic mass is 10.1. The molecule has 222 valence electrons. The maximum absolute atomic E-state index is 12.6. The van der Waals surface area contributed by atoms with E-state index in [1.165, 1.54) is 0 Å².